The molecule has 0 spiro atoms. The van der Waals surface area contributed by atoms with Crippen molar-refractivity contribution < 1.29 is 14.7 Å². The Kier molecular flexibility index (Phi) is 3.90. The van der Waals surface area contributed by atoms with Gasteiger partial charge in [0.15, 0.2) is 5.69 Å². The number of carboxylic acids is 1. The number of urea groups is 1. The minimum Gasteiger partial charge on any atom is -0.476 e. The number of benzene rings is 1. The Hall–Kier alpha value is -2.54. The first kappa shape index (κ1) is 13.9. The van der Waals surface area contributed by atoms with E-state index < -0.39 is 12.0 Å². The highest BCUT2D eigenvalue weighted by Gasteiger charge is 2.17. The number of hydrogen-bond acceptors (Lipinski definition) is 3. The van der Waals surface area contributed by atoms with E-state index in [0.29, 0.717) is 10.7 Å². The fourth-order valence-electron chi connectivity index (χ4n) is 1.63. The second-order valence-corrected chi connectivity index (χ2v) is 4.36. The lowest BCUT2D eigenvalue weighted by atomic mass is 10.3. The van der Waals surface area contributed by atoms with Gasteiger partial charge >= 0.3 is 12.0 Å². The first-order valence-electron chi connectivity index (χ1n) is 5.56. The van der Waals surface area contributed by atoms with Gasteiger partial charge in [-0.25, -0.2) is 9.59 Å². The van der Waals surface area contributed by atoms with Gasteiger partial charge in [0.1, 0.15) is 0 Å². The summed E-state index contributed by atoms with van der Waals surface area (Å²) in [6, 6.07) is 6.01. The Bertz CT molecular complexity index is 668. The number of nitrogens with zero attached hydrogens (tertiary/aromatic N) is 2. The Labute approximate surface area is 119 Å². The van der Waals surface area contributed by atoms with E-state index in [1.165, 1.54) is 13.2 Å². The van der Waals surface area contributed by atoms with E-state index in [1.807, 2.05) is 0 Å². The molecule has 0 radical (unpaired) electrons. The molecule has 2 amide bonds. The molecule has 104 valence electrons. The number of carbonyl (C=O) groups is 2. The molecule has 0 saturated carbocycles. The molecule has 0 aliphatic rings. The van der Waals surface area contributed by atoms with Gasteiger partial charge in [-0.2, -0.15) is 5.10 Å². The molecule has 0 atom stereocenters. The van der Waals surface area contributed by atoms with E-state index >= 15 is 0 Å². The van der Waals surface area contributed by atoms with Crippen LogP contribution in [0.2, 0.25) is 5.02 Å². The predicted molar refractivity (Wildman–Crippen MR) is 74.3 cm³/mol. The van der Waals surface area contributed by atoms with Crippen molar-refractivity contribution in [3.05, 3.63) is 41.2 Å². The average Bonchev–Trinajstić information content (AvgIpc) is 2.70. The molecule has 0 unspecified atom stereocenters. The fraction of sp³-hybridized carbons (Fsp3) is 0.0833. The molecule has 0 aliphatic carbocycles. The van der Waals surface area contributed by atoms with Crippen LogP contribution in [0.25, 0.3) is 0 Å². The second-order valence-electron chi connectivity index (χ2n) is 3.93. The van der Waals surface area contributed by atoms with Crippen molar-refractivity contribution in [3.63, 3.8) is 0 Å². The van der Waals surface area contributed by atoms with Gasteiger partial charge in [-0.3, -0.25) is 4.68 Å². The van der Waals surface area contributed by atoms with Gasteiger partial charge in [0.2, 0.25) is 0 Å². The van der Waals surface area contributed by atoms with E-state index in [2.05, 4.69) is 15.7 Å². The zero-order chi connectivity index (χ0) is 14.7. The van der Waals surface area contributed by atoms with E-state index in [1.54, 1.807) is 24.3 Å². The summed E-state index contributed by atoms with van der Waals surface area (Å²) in [5.41, 5.74) is 0.501. The lowest BCUT2D eigenvalue weighted by Crippen LogP contribution is -2.21. The molecule has 20 heavy (non-hydrogen) atoms. The van der Waals surface area contributed by atoms with Gasteiger partial charge in [-0.15, -0.1) is 0 Å². The molecule has 0 fully saturated rings. The Balaban J connectivity index is 2.11. The van der Waals surface area contributed by atoms with Gasteiger partial charge in [-0.05, 0) is 18.2 Å². The summed E-state index contributed by atoms with van der Waals surface area (Å²) >= 11 is 5.80. The number of anilines is 2. The van der Waals surface area contributed by atoms with E-state index in [-0.39, 0.29) is 11.4 Å². The van der Waals surface area contributed by atoms with Crippen LogP contribution in [-0.4, -0.2) is 26.9 Å². The van der Waals surface area contributed by atoms with Crippen molar-refractivity contribution in [2.45, 2.75) is 0 Å². The minimum absolute atomic E-state index is 0.105. The average molecular weight is 295 g/mol. The first-order valence-corrected chi connectivity index (χ1v) is 5.94. The fourth-order valence-corrected chi connectivity index (χ4v) is 1.82. The van der Waals surface area contributed by atoms with Crippen LogP contribution in [0.4, 0.5) is 16.2 Å². The van der Waals surface area contributed by atoms with Crippen molar-refractivity contribution in [2.75, 3.05) is 10.6 Å². The summed E-state index contributed by atoms with van der Waals surface area (Å²) in [6.45, 7) is 0. The number of carboxylic acid groups (broad SMARTS) is 1. The molecule has 2 aromatic rings. The number of aromatic nitrogens is 2. The zero-order valence-electron chi connectivity index (χ0n) is 10.4. The van der Waals surface area contributed by atoms with E-state index in [9.17, 15) is 9.59 Å². The van der Waals surface area contributed by atoms with Gasteiger partial charge < -0.3 is 15.7 Å². The van der Waals surface area contributed by atoms with Gasteiger partial charge in [0.05, 0.1) is 11.9 Å². The number of aromatic carboxylic acids is 1. The molecule has 1 heterocycles. The van der Waals surface area contributed by atoms with E-state index in [0.717, 1.165) is 4.68 Å². The molecule has 0 aliphatic heterocycles. The highest BCUT2D eigenvalue weighted by atomic mass is 35.5. The summed E-state index contributed by atoms with van der Waals surface area (Å²) in [5.74, 6) is -1.18. The van der Waals surface area contributed by atoms with E-state index in [4.69, 9.17) is 16.7 Å². The standard InChI is InChI=1S/C12H11ClN4O3/c1-17-10(11(18)19)9(6-14-17)16-12(20)15-8-4-2-3-7(13)5-8/h2-6H,1H3,(H,18,19)(H2,15,16,20). The van der Waals surface area contributed by atoms with Crippen LogP contribution in [0.3, 0.4) is 0 Å². The van der Waals surface area contributed by atoms with Crippen LogP contribution in [0.15, 0.2) is 30.5 Å². The number of aryl methyl sites for hydroxylation is 1. The van der Waals surface area contributed by atoms with Crippen LogP contribution in [0, 0.1) is 0 Å². The Morgan fingerprint density at radius 2 is 2.10 bits per heavy atom. The van der Waals surface area contributed by atoms with Crippen LogP contribution >= 0.6 is 11.6 Å². The third-order valence-corrected chi connectivity index (χ3v) is 2.71. The third kappa shape index (κ3) is 3.07. The van der Waals surface area contributed by atoms with Gasteiger partial charge in [-0.1, -0.05) is 17.7 Å². The SMILES string of the molecule is Cn1ncc(NC(=O)Nc2cccc(Cl)c2)c1C(=O)O. The summed E-state index contributed by atoms with van der Waals surface area (Å²) < 4.78 is 1.16. The van der Waals surface area contributed by atoms with Crippen LogP contribution in [0.1, 0.15) is 10.5 Å². The maximum atomic E-state index is 11.8. The second kappa shape index (κ2) is 5.62. The maximum absolute atomic E-state index is 11.8. The molecule has 3 N–H and O–H groups in total. The number of amides is 2. The molecular formula is C12H11ClN4O3. The highest BCUT2D eigenvalue weighted by molar-refractivity contribution is 6.30. The van der Waals surface area contributed by atoms with Crippen LogP contribution in [0.5, 0.6) is 0 Å². The summed E-state index contributed by atoms with van der Waals surface area (Å²) in [6.07, 6.45) is 1.26. The quantitative estimate of drug-likeness (QED) is 0.810. The van der Waals surface area contributed by atoms with Crippen molar-refractivity contribution >= 4 is 35.0 Å². The molecule has 0 saturated heterocycles. The number of carbonyl (C=O) groups excluding carboxylic acids is 1. The third-order valence-electron chi connectivity index (χ3n) is 2.47. The lowest BCUT2D eigenvalue weighted by molar-refractivity contribution is 0.0686. The van der Waals surface area contributed by atoms with Crippen molar-refractivity contribution in [1.29, 1.82) is 0 Å². The molecule has 8 heteroatoms. The molecular weight excluding hydrogens is 284 g/mol. The number of hydrogen-bond donors (Lipinski definition) is 3. The van der Waals surface area contributed by atoms with Gasteiger partial charge in [0, 0.05) is 17.8 Å². The molecule has 7 nitrogen and oxygen atoms in total. The smallest absolute Gasteiger partial charge is 0.356 e. The summed E-state index contributed by atoms with van der Waals surface area (Å²) in [5, 5.41) is 18.3. The zero-order valence-corrected chi connectivity index (χ0v) is 11.2. The number of nitrogens with one attached hydrogen (secondary N) is 2. The first-order chi connectivity index (χ1) is 9.47. The molecule has 2 rings (SSSR count). The summed E-state index contributed by atoms with van der Waals surface area (Å²) in [4.78, 5) is 22.8. The monoisotopic (exact) mass is 294 g/mol. The lowest BCUT2D eigenvalue weighted by Gasteiger charge is -2.07. The van der Waals surface area contributed by atoms with Crippen LogP contribution in [-0.2, 0) is 7.05 Å². The normalized spacial score (nSPS) is 10.1. The molecule has 1 aromatic heterocycles. The highest BCUT2D eigenvalue weighted by Crippen LogP contribution is 2.17. The van der Waals surface area contributed by atoms with Crippen molar-refractivity contribution in [3.8, 4) is 0 Å². The van der Waals surface area contributed by atoms with Crippen molar-refractivity contribution in [2.24, 2.45) is 7.05 Å². The van der Waals surface area contributed by atoms with Crippen LogP contribution < -0.4 is 10.6 Å². The molecule has 1 aromatic carbocycles. The number of rotatable bonds is 3. The largest absolute Gasteiger partial charge is 0.476 e. The minimum atomic E-state index is -1.18. The predicted octanol–water partition coefficient (Wildman–Crippen LogP) is 2.42. The topological polar surface area (TPSA) is 96.3 Å². The van der Waals surface area contributed by atoms with Crippen molar-refractivity contribution in [1.82, 2.24) is 9.78 Å². The summed E-state index contributed by atoms with van der Waals surface area (Å²) in [7, 11) is 1.48. The Morgan fingerprint density at radius 1 is 1.35 bits per heavy atom. The number of halogens is 1. The van der Waals surface area contributed by atoms with Gasteiger partial charge in [0.25, 0.3) is 0 Å². The maximum Gasteiger partial charge on any atom is 0.356 e. The molecule has 0 bridgehead atoms. The Morgan fingerprint density at radius 3 is 2.75 bits per heavy atom.